The molecule has 0 saturated heterocycles. The molecule has 2 nitrogen and oxygen atoms in total. The van der Waals surface area contributed by atoms with Crippen LogP contribution in [0.4, 0.5) is 13.2 Å². The molecule has 0 atom stereocenters. The Morgan fingerprint density at radius 2 is 1.48 bits per heavy atom. The van der Waals surface area contributed by atoms with Crippen molar-refractivity contribution in [3.05, 3.63) is 47.4 Å². The standard InChI is InChI=1S/C16H17F3N2/c1-15(2,3)13-9-12(16(4,18)19)14(21-20-13)10-5-7-11(17)8-6-10/h5-9H,1-4H3. The second-order valence-corrected chi connectivity index (χ2v) is 6.14. The van der Waals surface area contributed by atoms with Crippen molar-refractivity contribution < 1.29 is 13.2 Å². The number of nitrogens with zero attached hydrogens (tertiary/aromatic N) is 2. The first kappa shape index (κ1) is 15.5. The van der Waals surface area contributed by atoms with Gasteiger partial charge in [-0.1, -0.05) is 20.8 Å². The minimum atomic E-state index is -3.06. The van der Waals surface area contributed by atoms with Gasteiger partial charge in [-0.25, -0.2) is 13.2 Å². The third kappa shape index (κ3) is 3.40. The van der Waals surface area contributed by atoms with Crippen LogP contribution in [0.3, 0.4) is 0 Å². The fraction of sp³-hybridized carbons (Fsp3) is 0.375. The molecule has 0 radical (unpaired) electrons. The molecule has 0 aliphatic rings. The van der Waals surface area contributed by atoms with Crippen LogP contribution in [-0.2, 0) is 11.3 Å². The predicted octanol–water partition coefficient (Wildman–Crippen LogP) is 4.69. The highest BCUT2D eigenvalue weighted by Crippen LogP contribution is 2.36. The van der Waals surface area contributed by atoms with E-state index in [1.54, 1.807) is 0 Å². The summed E-state index contributed by atoms with van der Waals surface area (Å²) in [6, 6.07) is 6.65. The molecule has 0 spiro atoms. The zero-order valence-electron chi connectivity index (χ0n) is 12.4. The second kappa shape index (κ2) is 5.13. The number of benzene rings is 1. The Bertz CT molecular complexity index is 638. The third-order valence-corrected chi connectivity index (χ3v) is 3.15. The maximum Gasteiger partial charge on any atom is 0.272 e. The molecular weight excluding hydrogens is 277 g/mol. The van der Waals surface area contributed by atoms with Crippen molar-refractivity contribution in [3.63, 3.8) is 0 Å². The van der Waals surface area contributed by atoms with E-state index in [0.717, 1.165) is 6.92 Å². The maximum absolute atomic E-state index is 13.9. The predicted molar refractivity (Wildman–Crippen MR) is 75.7 cm³/mol. The normalized spacial score (nSPS) is 12.5. The van der Waals surface area contributed by atoms with Crippen LogP contribution in [0.2, 0.25) is 0 Å². The lowest BCUT2D eigenvalue weighted by Crippen LogP contribution is -2.19. The van der Waals surface area contributed by atoms with Gasteiger partial charge in [0, 0.05) is 17.9 Å². The fourth-order valence-corrected chi connectivity index (χ4v) is 1.91. The maximum atomic E-state index is 13.9. The molecule has 5 heteroatoms. The van der Waals surface area contributed by atoms with Crippen molar-refractivity contribution in [3.8, 4) is 11.3 Å². The fourth-order valence-electron chi connectivity index (χ4n) is 1.91. The molecule has 1 aromatic carbocycles. The molecule has 0 aliphatic heterocycles. The van der Waals surface area contributed by atoms with E-state index in [1.807, 2.05) is 20.8 Å². The van der Waals surface area contributed by atoms with Crippen LogP contribution in [-0.4, -0.2) is 10.2 Å². The highest BCUT2D eigenvalue weighted by Gasteiger charge is 2.31. The van der Waals surface area contributed by atoms with Crippen LogP contribution in [0.25, 0.3) is 11.3 Å². The summed E-state index contributed by atoms with van der Waals surface area (Å²) < 4.78 is 40.8. The van der Waals surface area contributed by atoms with E-state index in [4.69, 9.17) is 0 Å². The van der Waals surface area contributed by atoms with Gasteiger partial charge >= 0.3 is 0 Å². The number of aromatic nitrogens is 2. The van der Waals surface area contributed by atoms with Crippen LogP contribution < -0.4 is 0 Å². The third-order valence-electron chi connectivity index (χ3n) is 3.15. The van der Waals surface area contributed by atoms with Crippen molar-refractivity contribution in [2.45, 2.75) is 39.0 Å². The summed E-state index contributed by atoms with van der Waals surface area (Å²) in [4.78, 5) is 0. The van der Waals surface area contributed by atoms with E-state index in [-0.39, 0.29) is 16.7 Å². The van der Waals surface area contributed by atoms with E-state index in [0.29, 0.717) is 11.3 Å². The lowest BCUT2D eigenvalue weighted by atomic mass is 9.89. The summed E-state index contributed by atoms with van der Waals surface area (Å²) in [6.45, 7) is 6.47. The summed E-state index contributed by atoms with van der Waals surface area (Å²) in [5.41, 5.74) is 0.407. The number of hydrogen-bond donors (Lipinski definition) is 0. The Labute approximate surface area is 122 Å². The molecule has 0 N–H and O–H groups in total. The van der Waals surface area contributed by atoms with Crippen molar-refractivity contribution in [2.75, 3.05) is 0 Å². The smallest absolute Gasteiger partial charge is 0.207 e. The first-order valence-electron chi connectivity index (χ1n) is 6.61. The zero-order chi connectivity index (χ0) is 15.8. The molecule has 21 heavy (non-hydrogen) atoms. The second-order valence-electron chi connectivity index (χ2n) is 6.14. The van der Waals surface area contributed by atoms with Crippen LogP contribution in [0.1, 0.15) is 39.0 Å². The summed E-state index contributed by atoms with van der Waals surface area (Å²) in [5.74, 6) is -3.48. The van der Waals surface area contributed by atoms with Crippen LogP contribution in [0.15, 0.2) is 30.3 Å². The van der Waals surface area contributed by atoms with Gasteiger partial charge in [0.15, 0.2) is 0 Å². The van der Waals surface area contributed by atoms with Gasteiger partial charge in [-0.05, 0) is 30.3 Å². The number of halogens is 3. The average Bonchev–Trinajstić information content (AvgIpc) is 2.37. The minimum absolute atomic E-state index is 0.0792. The Morgan fingerprint density at radius 1 is 0.905 bits per heavy atom. The molecule has 0 amide bonds. The largest absolute Gasteiger partial charge is 0.272 e. The van der Waals surface area contributed by atoms with E-state index in [9.17, 15) is 13.2 Å². The number of rotatable bonds is 2. The SMILES string of the molecule is CC(C)(C)c1cc(C(C)(F)F)c(-c2ccc(F)cc2)nn1. The Kier molecular flexibility index (Phi) is 3.78. The highest BCUT2D eigenvalue weighted by molar-refractivity contribution is 5.63. The van der Waals surface area contributed by atoms with E-state index < -0.39 is 11.7 Å². The first-order valence-corrected chi connectivity index (χ1v) is 6.61. The minimum Gasteiger partial charge on any atom is -0.207 e. The van der Waals surface area contributed by atoms with Gasteiger partial charge in [0.05, 0.1) is 11.3 Å². The van der Waals surface area contributed by atoms with Gasteiger partial charge in [-0.2, -0.15) is 5.10 Å². The Hall–Kier alpha value is -1.91. The van der Waals surface area contributed by atoms with Crippen LogP contribution in [0, 0.1) is 5.82 Å². The topological polar surface area (TPSA) is 25.8 Å². The first-order chi connectivity index (χ1) is 9.59. The highest BCUT2D eigenvalue weighted by atomic mass is 19.3. The van der Waals surface area contributed by atoms with Crippen molar-refractivity contribution in [2.24, 2.45) is 0 Å². The molecule has 0 aliphatic carbocycles. The van der Waals surface area contributed by atoms with Gasteiger partial charge in [-0.15, -0.1) is 5.10 Å². The van der Waals surface area contributed by atoms with E-state index in [2.05, 4.69) is 10.2 Å². The Balaban J connectivity index is 2.63. The Morgan fingerprint density at radius 3 is 1.95 bits per heavy atom. The van der Waals surface area contributed by atoms with Crippen molar-refractivity contribution in [1.82, 2.24) is 10.2 Å². The van der Waals surface area contributed by atoms with Gasteiger partial charge in [0.1, 0.15) is 11.5 Å². The molecule has 1 aromatic heterocycles. The quantitative estimate of drug-likeness (QED) is 0.803. The summed E-state index contributed by atoms with van der Waals surface area (Å²) in [5, 5.41) is 8.00. The summed E-state index contributed by atoms with van der Waals surface area (Å²) in [6.07, 6.45) is 0. The summed E-state index contributed by atoms with van der Waals surface area (Å²) >= 11 is 0. The van der Waals surface area contributed by atoms with Crippen LogP contribution >= 0.6 is 0 Å². The number of alkyl halides is 2. The molecule has 0 bridgehead atoms. The van der Waals surface area contributed by atoms with Gasteiger partial charge in [-0.3, -0.25) is 0 Å². The molecule has 112 valence electrons. The molecule has 2 aromatic rings. The average molecular weight is 294 g/mol. The molecule has 0 saturated carbocycles. The lowest BCUT2D eigenvalue weighted by Gasteiger charge is -2.21. The van der Waals surface area contributed by atoms with Crippen molar-refractivity contribution >= 4 is 0 Å². The molecule has 0 fully saturated rings. The van der Waals surface area contributed by atoms with Gasteiger partial charge < -0.3 is 0 Å². The molecule has 2 rings (SSSR count). The number of hydrogen-bond acceptors (Lipinski definition) is 2. The zero-order valence-corrected chi connectivity index (χ0v) is 12.4. The molecular formula is C16H17F3N2. The molecule has 1 heterocycles. The van der Waals surface area contributed by atoms with E-state index >= 15 is 0 Å². The van der Waals surface area contributed by atoms with Gasteiger partial charge in [0.25, 0.3) is 5.92 Å². The molecule has 0 unspecified atom stereocenters. The monoisotopic (exact) mass is 294 g/mol. The van der Waals surface area contributed by atoms with Gasteiger partial charge in [0.2, 0.25) is 0 Å². The summed E-state index contributed by atoms with van der Waals surface area (Å²) in [7, 11) is 0. The van der Waals surface area contributed by atoms with E-state index in [1.165, 1.54) is 30.3 Å². The lowest BCUT2D eigenvalue weighted by molar-refractivity contribution is 0.0175. The van der Waals surface area contributed by atoms with Crippen LogP contribution in [0.5, 0.6) is 0 Å². The van der Waals surface area contributed by atoms with Crippen molar-refractivity contribution in [1.29, 1.82) is 0 Å².